The van der Waals surface area contributed by atoms with Crippen molar-refractivity contribution >= 4 is 16.8 Å². The summed E-state index contributed by atoms with van der Waals surface area (Å²) in [6.45, 7) is 3.28. The van der Waals surface area contributed by atoms with Crippen molar-refractivity contribution in [2.45, 2.75) is 6.54 Å². The Morgan fingerprint density at radius 1 is 1.03 bits per heavy atom. The Morgan fingerprint density at radius 2 is 1.80 bits per heavy atom. The Morgan fingerprint density at radius 3 is 2.60 bits per heavy atom. The molecule has 0 aliphatic carbocycles. The van der Waals surface area contributed by atoms with E-state index in [9.17, 15) is 9.18 Å². The van der Waals surface area contributed by atoms with Gasteiger partial charge in [-0.25, -0.2) is 4.39 Å². The molecule has 1 fully saturated rings. The second-order valence-corrected chi connectivity index (χ2v) is 7.30. The molecule has 0 saturated carbocycles. The fraction of sp³-hybridized carbons (Fsp3) is 0.238. The number of H-pyrrole nitrogens is 1. The molecule has 9 heteroatoms. The van der Waals surface area contributed by atoms with Crippen LogP contribution in [-0.4, -0.2) is 67.1 Å². The molecular weight excluding hydrogens is 385 g/mol. The van der Waals surface area contributed by atoms with Crippen LogP contribution in [0.25, 0.3) is 16.6 Å². The largest absolute Gasteiger partial charge is 0.360 e. The maximum absolute atomic E-state index is 13.2. The highest BCUT2D eigenvalue weighted by Gasteiger charge is 2.25. The summed E-state index contributed by atoms with van der Waals surface area (Å²) in [5.74, 6) is 0.422. The molecule has 1 aliphatic heterocycles. The van der Waals surface area contributed by atoms with Crippen LogP contribution in [0, 0.1) is 5.82 Å². The summed E-state index contributed by atoms with van der Waals surface area (Å²) < 4.78 is 14.8. The highest BCUT2D eigenvalue weighted by molar-refractivity contribution is 6.06. The normalized spacial score (nSPS) is 15.0. The van der Waals surface area contributed by atoms with Gasteiger partial charge in [-0.2, -0.15) is 4.68 Å². The van der Waals surface area contributed by atoms with Gasteiger partial charge in [0.25, 0.3) is 5.91 Å². The second kappa shape index (κ2) is 7.68. The first-order valence-corrected chi connectivity index (χ1v) is 9.80. The van der Waals surface area contributed by atoms with Crippen LogP contribution in [0.5, 0.6) is 0 Å². The fourth-order valence-electron chi connectivity index (χ4n) is 3.82. The third-order valence-electron chi connectivity index (χ3n) is 5.45. The van der Waals surface area contributed by atoms with Crippen molar-refractivity contribution in [3.63, 3.8) is 0 Å². The number of amides is 1. The van der Waals surface area contributed by atoms with Crippen LogP contribution in [0.3, 0.4) is 0 Å². The molecule has 3 heterocycles. The summed E-state index contributed by atoms with van der Waals surface area (Å²) in [5, 5.41) is 12.9. The van der Waals surface area contributed by atoms with Gasteiger partial charge in [0.1, 0.15) is 5.82 Å². The molecule has 5 rings (SSSR count). The zero-order valence-corrected chi connectivity index (χ0v) is 16.2. The molecule has 1 aliphatic rings. The minimum atomic E-state index is -0.302. The van der Waals surface area contributed by atoms with Crippen molar-refractivity contribution in [3.05, 3.63) is 71.9 Å². The number of nitrogens with zero attached hydrogens (tertiary/aromatic N) is 6. The Labute approximate surface area is 171 Å². The molecule has 30 heavy (non-hydrogen) atoms. The Hall–Kier alpha value is -3.59. The summed E-state index contributed by atoms with van der Waals surface area (Å²) in [4.78, 5) is 20.2. The number of aromatic nitrogens is 5. The van der Waals surface area contributed by atoms with Crippen molar-refractivity contribution in [2.75, 3.05) is 26.2 Å². The van der Waals surface area contributed by atoms with E-state index in [0.29, 0.717) is 36.7 Å². The van der Waals surface area contributed by atoms with E-state index in [0.717, 1.165) is 24.0 Å². The molecule has 1 N–H and O–H groups in total. The number of halogens is 1. The molecule has 0 unspecified atom stereocenters. The SMILES string of the molecule is O=C(c1c[nH]c2ccccc12)N1CCN(Cc2nnnn2-c2ccc(F)cc2)CC1. The molecule has 2 aromatic carbocycles. The standard InChI is InChI=1S/C21H20FN7O/c22-15-5-7-16(8-6-15)29-20(24-25-26-29)14-27-9-11-28(12-10-27)21(30)18-13-23-19-4-2-1-3-17(18)19/h1-8,13,23H,9-12,14H2. The lowest BCUT2D eigenvalue weighted by Gasteiger charge is -2.34. The van der Waals surface area contributed by atoms with E-state index in [1.165, 1.54) is 12.1 Å². The number of hydrogen-bond donors (Lipinski definition) is 1. The van der Waals surface area contributed by atoms with E-state index in [1.54, 1.807) is 23.0 Å². The number of aromatic amines is 1. The van der Waals surface area contributed by atoms with Crippen LogP contribution < -0.4 is 0 Å². The molecule has 0 radical (unpaired) electrons. The first-order chi connectivity index (χ1) is 14.7. The number of fused-ring (bicyclic) bond motifs is 1. The van der Waals surface area contributed by atoms with Crippen LogP contribution in [-0.2, 0) is 6.54 Å². The van der Waals surface area contributed by atoms with E-state index in [1.807, 2.05) is 29.2 Å². The first-order valence-electron chi connectivity index (χ1n) is 9.80. The van der Waals surface area contributed by atoms with Gasteiger partial charge >= 0.3 is 0 Å². The molecular formula is C21H20FN7O. The molecule has 2 aromatic heterocycles. The maximum atomic E-state index is 13.2. The number of piperazine rings is 1. The Bertz CT molecular complexity index is 1180. The van der Waals surface area contributed by atoms with Gasteiger partial charge in [-0.05, 0) is 40.8 Å². The minimum Gasteiger partial charge on any atom is -0.360 e. The van der Waals surface area contributed by atoms with Gasteiger partial charge in [0.2, 0.25) is 0 Å². The number of benzene rings is 2. The molecule has 1 amide bonds. The van der Waals surface area contributed by atoms with Gasteiger partial charge < -0.3 is 9.88 Å². The lowest BCUT2D eigenvalue weighted by molar-refractivity contribution is 0.0626. The van der Waals surface area contributed by atoms with Crippen molar-refractivity contribution in [1.29, 1.82) is 0 Å². The average molecular weight is 405 g/mol. The van der Waals surface area contributed by atoms with Gasteiger partial charge in [-0.15, -0.1) is 5.10 Å². The number of para-hydroxylation sites is 1. The molecule has 152 valence electrons. The number of hydrogen-bond acceptors (Lipinski definition) is 5. The van der Waals surface area contributed by atoms with Crippen LogP contribution in [0.4, 0.5) is 4.39 Å². The third kappa shape index (κ3) is 3.43. The fourth-order valence-corrected chi connectivity index (χ4v) is 3.82. The predicted molar refractivity (Wildman–Crippen MR) is 109 cm³/mol. The summed E-state index contributed by atoms with van der Waals surface area (Å²) in [6.07, 6.45) is 1.79. The van der Waals surface area contributed by atoms with Crippen LogP contribution in [0.1, 0.15) is 16.2 Å². The van der Waals surface area contributed by atoms with Crippen molar-refractivity contribution in [3.8, 4) is 5.69 Å². The molecule has 0 atom stereocenters. The molecule has 4 aromatic rings. The molecule has 0 spiro atoms. The van der Waals surface area contributed by atoms with Gasteiger partial charge in [-0.3, -0.25) is 9.69 Å². The molecule has 1 saturated heterocycles. The van der Waals surface area contributed by atoms with Crippen molar-refractivity contribution < 1.29 is 9.18 Å². The molecule has 8 nitrogen and oxygen atoms in total. The smallest absolute Gasteiger partial charge is 0.256 e. The van der Waals surface area contributed by atoms with E-state index in [4.69, 9.17) is 0 Å². The molecule has 0 bridgehead atoms. The number of tetrazole rings is 1. The summed E-state index contributed by atoms with van der Waals surface area (Å²) in [6, 6.07) is 13.9. The van der Waals surface area contributed by atoms with Crippen molar-refractivity contribution in [2.24, 2.45) is 0 Å². The van der Waals surface area contributed by atoms with E-state index >= 15 is 0 Å². The lowest BCUT2D eigenvalue weighted by Crippen LogP contribution is -2.48. The number of nitrogens with one attached hydrogen (secondary N) is 1. The van der Waals surface area contributed by atoms with E-state index in [2.05, 4.69) is 25.4 Å². The van der Waals surface area contributed by atoms with E-state index < -0.39 is 0 Å². The third-order valence-corrected chi connectivity index (χ3v) is 5.45. The van der Waals surface area contributed by atoms with Crippen LogP contribution in [0.15, 0.2) is 54.7 Å². The topological polar surface area (TPSA) is 82.9 Å². The number of carbonyl (C=O) groups is 1. The first kappa shape index (κ1) is 18.4. The average Bonchev–Trinajstić information content (AvgIpc) is 3.41. The Kier molecular flexibility index (Phi) is 4.72. The van der Waals surface area contributed by atoms with Crippen LogP contribution in [0.2, 0.25) is 0 Å². The van der Waals surface area contributed by atoms with Gasteiger partial charge in [-0.1, -0.05) is 18.2 Å². The van der Waals surface area contributed by atoms with Gasteiger partial charge in [0.05, 0.1) is 17.8 Å². The van der Waals surface area contributed by atoms with E-state index in [-0.39, 0.29) is 11.7 Å². The number of rotatable bonds is 4. The Balaban J connectivity index is 1.24. The highest BCUT2D eigenvalue weighted by atomic mass is 19.1. The maximum Gasteiger partial charge on any atom is 0.256 e. The minimum absolute atomic E-state index is 0.0447. The zero-order chi connectivity index (χ0) is 20.5. The highest BCUT2D eigenvalue weighted by Crippen LogP contribution is 2.20. The predicted octanol–water partition coefficient (Wildman–Crippen LogP) is 2.24. The number of carbonyl (C=O) groups excluding carboxylic acids is 1. The van der Waals surface area contributed by atoms with Crippen molar-refractivity contribution in [1.82, 2.24) is 35.0 Å². The lowest BCUT2D eigenvalue weighted by atomic mass is 10.1. The van der Waals surface area contributed by atoms with Gasteiger partial charge in [0.15, 0.2) is 5.82 Å². The van der Waals surface area contributed by atoms with Gasteiger partial charge in [0, 0.05) is 43.3 Å². The quantitative estimate of drug-likeness (QED) is 0.563. The zero-order valence-electron chi connectivity index (χ0n) is 16.2. The second-order valence-electron chi connectivity index (χ2n) is 7.30. The monoisotopic (exact) mass is 405 g/mol. The summed E-state index contributed by atoms with van der Waals surface area (Å²) >= 11 is 0. The summed E-state index contributed by atoms with van der Waals surface area (Å²) in [7, 11) is 0. The van der Waals surface area contributed by atoms with Crippen LogP contribution >= 0.6 is 0 Å². The summed E-state index contributed by atoms with van der Waals surface area (Å²) in [5.41, 5.74) is 2.39.